The zero-order chi connectivity index (χ0) is 13.1. The van der Waals surface area contributed by atoms with E-state index in [0.717, 1.165) is 35.1 Å². The average molecular weight is 377 g/mol. The van der Waals surface area contributed by atoms with Crippen molar-refractivity contribution in [2.45, 2.75) is 32.9 Å². The number of fused-ring (bicyclic) bond motifs is 1. The van der Waals surface area contributed by atoms with E-state index in [1.807, 2.05) is 0 Å². The highest BCUT2D eigenvalue weighted by molar-refractivity contribution is 9.10. The predicted molar refractivity (Wildman–Crippen MR) is 82.6 cm³/mol. The van der Waals surface area contributed by atoms with Gasteiger partial charge in [0, 0.05) is 34.4 Å². The molecule has 1 unspecified atom stereocenters. The van der Waals surface area contributed by atoms with Crippen LogP contribution in [0.15, 0.2) is 16.6 Å². The summed E-state index contributed by atoms with van der Waals surface area (Å²) in [4.78, 5) is 0. The molecule has 0 aromatic heterocycles. The summed E-state index contributed by atoms with van der Waals surface area (Å²) >= 11 is 7.14. The Kier molecular flexibility index (Phi) is 5.10. The first-order valence-corrected chi connectivity index (χ1v) is 8.26. The average Bonchev–Trinajstić information content (AvgIpc) is 2.77. The second kappa shape index (κ2) is 6.40. The molecule has 0 aliphatic carbocycles. The van der Waals surface area contributed by atoms with E-state index in [1.54, 1.807) is 0 Å². The molecule has 4 heteroatoms. The van der Waals surface area contributed by atoms with Crippen LogP contribution in [0, 0.1) is 5.92 Å². The molecule has 0 saturated carbocycles. The summed E-state index contributed by atoms with van der Waals surface area (Å²) in [5.74, 6) is 1.70. The third-order valence-corrected chi connectivity index (χ3v) is 4.51. The van der Waals surface area contributed by atoms with E-state index in [4.69, 9.17) is 4.74 Å². The molecule has 2 rings (SSSR count). The van der Waals surface area contributed by atoms with Gasteiger partial charge in [0.05, 0.1) is 6.61 Å². The summed E-state index contributed by atoms with van der Waals surface area (Å²) < 4.78 is 6.88. The smallest absolute Gasteiger partial charge is 0.127 e. The molecule has 0 spiro atoms. The van der Waals surface area contributed by atoms with E-state index in [1.165, 1.54) is 11.1 Å². The Labute approximate surface area is 126 Å². The maximum atomic E-state index is 5.74. The van der Waals surface area contributed by atoms with Gasteiger partial charge in [0.2, 0.25) is 0 Å². The van der Waals surface area contributed by atoms with E-state index in [9.17, 15) is 0 Å². The van der Waals surface area contributed by atoms with Crippen molar-refractivity contribution in [1.29, 1.82) is 0 Å². The van der Waals surface area contributed by atoms with Gasteiger partial charge in [-0.1, -0.05) is 45.7 Å². The van der Waals surface area contributed by atoms with Crippen molar-refractivity contribution in [1.82, 2.24) is 5.32 Å². The number of nitrogens with one attached hydrogen (secondary N) is 1. The monoisotopic (exact) mass is 375 g/mol. The van der Waals surface area contributed by atoms with Crippen LogP contribution in [0.25, 0.3) is 0 Å². The first kappa shape index (κ1) is 14.4. The molecule has 0 saturated heterocycles. The molecule has 1 heterocycles. The SMILES string of the molecule is CC(C)C(CBr)NCc1cc(Br)cc2c1OCC2. The number of ether oxygens (including phenoxy) is 1. The Hall–Kier alpha value is -0.0600. The number of alkyl halides is 1. The second-order valence-electron chi connectivity index (χ2n) is 5.04. The molecule has 1 aliphatic rings. The fourth-order valence-corrected chi connectivity index (χ4v) is 3.72. The molecule has 1 aliphatic heterocycles. The Morgan fingerprint density at radius 2 is 2.17 bits per heavy atom. The Balaban J connectivity index is 2.10. The van der Waals surface area contributed by atoms with Gasteiger partial charge in [0.15, 0.2) is 0 Å². The van der Waals surface area contributed by atoms with Crippen LogP contribution in [0.5, 0.6) is 5.75 Å². The van der Waals surface area contributed by atoms with Crippen molar-refractivity contribution in [2.75, 3.05) is 11.9 Å². The van der Waals surface area contributed by atoms with E-state index in [2.05, 4.69) is 63.2 Å². The zero-order valence-electron chi connectivity index (χ0n) is 10.8. The molecule has 0 bridgehead atoms. The van der Waals surface area contributed by atoms with Gasteiger partial charge in [-0.2, -0.15) is 0 Å². The van der Waals surface area contributed by atoms with Gasteiger partial charge < -0.3 is 10.1 Å². The van der Waals surface area contributed by atoms with Crippen LogP contribution in [0.2, 0.25) is 0 Å². The third kappa shape index (κ3) is 3.28. The van der Waals surface area contributed by atoms with E-state index >= 15 is 0 Å². The van der Waals surface area contributed by atoms with Crippen LogP contribution in [0.4, 0.5) is 0 Å². The summed E-state index contributed by atoms with van der Waals surface area (Å²) in [6.45, 7) is 6.14. The number of halogens is 2. The molecule has 1 aromatic carbocycles. The maximum absolute atomic E-state index is 5.74. The standard InChI is InChI=1S/C14H19Br2NO/c1-9(2)13(7-15)17-8-11-6-12(16)5-10-3-4-18-14(10)11/h5-6,9,13,17H,3-4,7-8H2,1-2H3. The first-order chi connectivity index (χ1) is 8.61. The van der Waals surface area contributed by atoms with Crippen LogP contribution in [-0.4, -0.2) is 18.0 Å². The zero-order valence-corrected chi connectivity index (χ0v) is 14.0. The predicted octanol–water partition coefficient (Wildman–Crippen LogP) is 3.89. The molecule has 0 fully saturated rings. The fourth-order valence-electron chi connectivity index (χ4n) is 2.19. The largest absolute Gasteiger partial charge is 0.493 e. The van der Waals surface area contributed by atoms with E-state index in [0.29, 0.717) is 12.0 Å². The van der Waals surface area contributed by atoms with Crippen LogP contribution in [-0.2, 0) is 13.0 Å². The van der Waals surface area contributed by atoms with Gasteiger partial charge in [-0.3, -0.25) is 0 Å². The number of rotatable bonds is 5. The fraction of sp³-hybridized carbons (Fsp3) is 0.571. The second-order valence-corrected chi connectivity index (χ2v) is 6.60. The lowest BCUT2D eigenvalue weighted by Crippen LogP contribution is -2.34. The van der Waals surface area contributed by atoms with Crippen LogP contribution >= 0.6 is 31.9 Å². The van der Waals surface area contributed by atoms with Crippen molar-refractivity contribution in [3.8, 4) is 5.75 Å². The molecule has 2 nitrogen and oxygen atoms in total. The molecule has 0 amide bonds. The number of benzene rings is 1. The summed E-state index contributed by atoms with van der Waals surface area (Å²) in [6.07, 6.45) is 1.02. The molecular weight excluding hydrogens is 358 g/mol. The van der Waals surface area contributed by atoms with Crippen LogP contribution < -0.4 is 10.1 Å². The van der Waals surface area contributed by atoms with E-state index in [-0.39, 0.29) is 0 Å². The molecule has 18 heavy (non-hydrogen) atoms. The Bertz CT molecular complexity index is 421. The highest BCUT2D eigenvalue weighted by Crippen LogP contribution is 2.33. The highest BCUT2D eigenvalue weighted by Gasteiger charge is 2.18. The van der Waals surface area contributed by atoms with Crippen molar-refractivity contribution < 1.29 is 4.74 Å². The summed E-state index contributed by atoms with van der Waals surface area (Å²) in [6, 6.07) is 4.81. The molecule has 0 radical (unpaired) electrons. The van der Waals surface area contributed by atoms with Gasteiger partial charge in [-0.05, 0) is 23.6 Å². The molecular formula is C14H19Br2NO. The van der Waals surface area contributed by atoms with Crippen molar-refractivity contribution in [2.24, 2.45) is 5.92 Å². The molecule has 1 aromatic rings. The highest BCUT2D eigenvalue weighted by atomic mass is 79.9. The third-order valence-electron chi connectivity index (χ3n) is 3.35. The Morgan fingerprint density at radius 3 is 2.83 bits per heavy atom. The number of hydrogen-bond donors (Lipinski definition) is 1. The molecule has 100 valence electrons. The van der Waals surface area contributed by atoms with Gasteiger partial charge in [0.1, 0.15) is 5.75 Å². The van der Waals surface area contributed by atoms with Crippen LogP contribution in [0.3, 0.4) is 0 Å². The van der Waals surface area contributed by atoms with Gasteiger partial charge in [-0.15, -0.1) is 0 Å². The lowest BCUT2D eigenvalue weighted by Gasteiger charge is -2.20. The lowest BCUT2D eigenvalue weighted by atomic mass is 10.0. The maximum Gasteiger partial charge on any atom is 0.127 e. The summed E-state index contributed by atoms with van der Waals surface area (Å²) in [5.41, 5.74) is 2.57. The molecule has 1 atom stereocenters. The van der Waals surface area contributed by atoms with Gasteiger partial charge in [-0.25, -0.2) is 0 Å². The van der Waals surface area contributed by atoms with Gasteiger partial charge >= 0.3 is 0 Å². The first-order valence-electron chi connectivity index (χ1n) is 6.35. The minimum Gasteiger partial charge on any atom is -0.493 e. The number of hydrogen-bond acceptors (Lipinski definition) is 2. The minimum absolute atomic E-state index is 0.487. The minimum atomic E-state index is 0.487. The lowest BCUT2D eigenvalue weighted by molar-refractivity contribution is 0.350. The van der Waals surface area contributed by atoms with E-state index < -0.39 is 0 Å². The summed E-state index contributed by atoms with van der Waals surface area (Å²) in [5, 5.41) is 4.57. The van der Waals surface area contributed by atoms with Crippen molar-refractivity contribution >= 4 is 31.9 Å². The Morgan fingerprint density at radius 1 is 1.39 bits per heavy atom. The summed E-state index contributed by atoms with van der Waals surface area (Å²) in [7, 11) is 0. The van der Waals surface area contributed by atoms with Crippen LogP contribution in [0.1, 0.15) is 25.0 Å². The molecule has 1 N–H and O–H groups in total. The van der Waals surface area contributed by atoms with Crippen molar-refractivity contribution in [3.63, 3.8) is 0 Å². The van der Waals surface area contributed by atoms with Crippen molar-refractivity contribution in [3.05, 3.63) is 27.7 Å². The topological polar surface area (TPSA) is 21.3 Å². The van der Waals surface area contributed by atoms with Gasteiger partial charge in [0.25, 0.3) is 0 Å². The normalized spacial score (nSPS) is 15.6. The quantitative estimate of drug-likeness (QED) is 0.787.